The Labute approximate surface area is 125 Å². The fourth-order valence-corrected chi connectivity index (χ4v) is 2.11. The Bertz CT molecular complexity index is 904. The third-order valence-corrected chi connectivity index (χ3v) is 3.20. The summed E-state index contributed by atoms with van der Waals surface area (Å²) in [5, 5.41) is 14.2. The summed E-state index contributed by atoms with van der Waals surface area (Å²) in [7, 11) is 1.56. The number of phenols is 1. The first-order chi connectivity index (χ1) is 10.6. The quantitative estimate of drug-likeness (QED) is 0.735. The van der Waals surface area contributed by atoms with Gasteiger partial charge in [-0.1, -0.05) is 12.1 Å². The molecule has 7 nitrogen and oxygen atoms in total. The van der Waals surface area contributed by atoms with E-state index in [0.29, 0.717) is 22.5 Å². The molecule has 2 heterocycles. The number of aromatic nitrogens is 4. The maximum absolute atomic E-state index is 11.5. The van der Waals surface area contributed by atoms with Crippen LogP contribution in [0.25, 0.3) is 22.5 Å². The summed E-state index contributed by atoms with van der Waals surface area (Å²) < 4.78 is 1.22. The molecule has 3 rings (SSSR count). The summed E-state index contributed by atoms with van der Waals surface area (Å²) in [5.41, 5.74) is 7.51. The van der Waals surface area contributed by atoms with Crippen molar-refractivity contribution in [1.82, 2.24) is 19.7 Å². The summed E-state index contributed by atoms with van der Waals surface area (Å²) in [6.07, 6.45) is 1.52. The second kappa shape index (κ2) is 5.28. The molecular weight excluding hydrogens is 282 g/mol. The molecule has 0 saturated heterocycles. The minimum Gasteiger partial charge on any atom is -0.507 e. The zero-order valence-electron chi connectivity index (χ0n) is 11.8. The van der Waals surface area contributed by atoms with Gasteiger partial charge < -0.3 is 10.8 Å². The van der Waals surface area contributed by atoms with Gasteiger partial charge in [-0.2, -0.15) is 5.10 Å². The van der Waals surface area contributed by atoms with Crippen LogP contribution in [0.2, 0.25) is 0 Å². The van der Waals surface area contributed by atoms with Gasteiger partial charge in [0.05, 0.1) is 11.4 Å². The van der Waals surface area contributed by atoms with E-state index in [9.17, 15) is 9.90 Å². The van der Waals surface area contributed by atoms with Crippen LogP contribution >= 0.6 is 0 Å². The minimum absolute atomic E-state index is 0.0756. The molecule has 0 saturated carbocycles. The van der Waals surface area contributed by atoms with Gasteiger partial charge in [0.1, 0.15) is 5.75 Å². The molecule has 7 heteroatoms. The van der Waals surface area contributed by atoms with Crippen molar-refractivity contribution in [3.8, 4) is 28.3 Å². The highest BCUT2D eigenvalue weighted by Crippen LogP contribution is 2.34. The predicted molar refractivity (Wildman–Crippen MR) is 82.0 cm³/mol. The van der Waals surface area contributed by atoms with Crippen molar-refractivity contribution in [2.45, 2.75) is 0 Å². The molecule has 0 spiro atoms. The average Bonchev–Trinajstić information content (AvgIpc) is 2.51. The SMILES string of the molecule is Cn1nc(-c2cnc(N)nc2-c2ccccc2O)ccc1=O. The normalized spacial score (nSPS) is 10.6. The Kier molecular flexibility index (Phi) is 3.30. The Morgan fingerprint density at radius 2 is 1.91 bits per heavy atom. The second-order valence-corrected chi connectivity index (χ2v) is 4.69. The predicted octanol–water partition coefficient (Wildman–Crippen LogP) is 1.19. The van der Waals surface area contributed by atoms with E-state index in [1.54, 1.807) is 37.4 Å². The number of nitrogens with two attached hydrogens (primary N) is 1. The third-order valence-electron chi connectivity index (χ3n) is 3.20. The molecule has 3 N–H and O–H groups in total. The number of aryl methyl sites for hydroxylation is 1. The van der Waals surface area contributed by atoms with Crippen molar-refractivity contribution in [2.75, 3.05) is 5.73 Å². The second-order valence-electron chi connectivity index (χ2n) is 4.69. The van der Waals surface area contributed by atoms with E-state index in [1.807, 2.05) is 0 Å². The number of hydrogen-bond acceptors (Lipinski definition) is 6. The molecule has 110 valence electrons. The monoisotopic (exact) mass is 295 g/mol. The molecule has 0 aliphatic carbocycles. The molecule has 22 heavy (non-hydrogen) atoms. The lowest BCUT2D eigenvalue weighted by Gasteiger charge is -2.10. The van der Waals surface area contributed by atoms with Crippen LogP contribution in [0.5, 0.6) is 5.75 Å². The van der Waals surface area contributed by atoms with Crippen molar-refractivity contribution < 1.29 is 5.11 Å². The number of nitrogen functional groups attached to an aromatic ring is 1. The Morgan fingerprint density at radius 1 is 1.14 bits per heavy atom. The first kappa shape index (κ1) is 13.7. The van der Waals surface area contributed by atoms with E-state index in [-0.39, 0.29) is 17.3 Å². The van der Waals surface area contributed by atoms with Crippen LogP contribution in [0, 0.1) is 0 Å². The summed E-state index contributed by atoms with van der Waals surface area (Å²) in [4.78, 5) is 19.7. The van der Waals surface area contributed by atoms with E-state index in [2.05, 4.69) is 15.1 Å². The lowest BCUT2D eigenvalue weighted by atomic mass is 10.0. The van der Waals surface area contributed by atoms with Gasteiger partial charge in [0.15, 0.2) is 0 Å². The zero-order chi connectivity index (χ0) is 15.7. The molecule has 1 aromatic carbocycles. The van der Waals surface area contributed by atoms with Gasteiger partial charge in [0, 0.05) is 30.4 Å². The Balaban J connectivity index is 2.27. The molecule has 0 amide bonds. The number of rotatable bonds is 2. The summed E-state index contributed by atoms with van der Waals surface area (Å²) in [6.45, 7) is 0. The van der Waals surface area contributed by atoms with Crippen LogP contribution in [0.15, 0.2) is 47.4 Å². The number of nitrogens with zero attached hydrogens (tertiary/aromatic N) is 4. The van der Waals surface area contributed by atoms with E-state index >= 15 is 0 Å². The van der Waals surface area contributed by atoms with Crippen LogP contribution in [0.1, 0.15) is 0 Å². The first-order valence-corrected chi connectivity index (χ1v) is 6.52. The summed E-state index contributed by atoms with van der Waals surface area (Å²) in [5.74, 6) is 0.165. The highest BCUT2D eigenvalue weighted by atomic mass is 16.3. The van der Waals surface area contributed by atoms with E-state index in [0.717, 1.165) is 0 Å². The zero-order valence-corrected chi connectivity index (χ0v) is 11.8. The van der Waals surface area contributed by atoms with Crippen molar-refractivity contribution in [3.63, 3.8) is 0 Å². The van der Waals surface area contributed by atoms with Crippen molar-refractivity contribution in [3.05, 3.63) is 52.9 Å². The molecule has 0 aliphatic heterocycles. The average molecular weight is 295 g/mol. The van der Waals surface area contributed by atoms with Crippen LogP contribution in [-0.4, -0.2) is 24.9 Å². The summed E-state index contributed by atoms with van der Waals surface area (Å²) >= 11 is 0. The van der Waals surface area contributed by atoms with Gasteiger partial charge in [-0.15, -0.1) is 0 Å². The topological polar surface area (TPSA) is 107 Å². The number of anilines is 1. The maximum Gasteiger partial charge on any atom is 0.266 e. The van der Waals surface area contributed by atoms with Crippen molar-refractivity contribution in [2.24, 2.45) is 7.05 Å². The Hall–Kier alpha value is -3.22. The smallest absolute Gasteiger partial charge is 0.266 e. The summed E-state index contributed by atoms with van der Waals surface area (Å²) in [6, 6.07) is 9.78. The van der Waals surface area contributed by atoms with Crippen molar-refractivity contribution >= 4 is 5.95 Å². The molecule has 0 radical (unpaired) electrons. The van der Waals surface area contributed by atoms with Crippen LogP contribution < -0.4 is 11.3 Å². The largest absolute Gasteiger partial charge is 0.507 e. The van der Waals surface area contributed by atoms with E-state index in [1.165, 1.54) is 16.9 Å². The molecular formula is C15H13N5O2. The number of benzene rings is 1. The van der Waals surface area contributed by atoms with E-state index < -0.39 is 0 Å². The maximum atomic E-state index is 11.5. The van der Waals surface area contributed by atoms with Gasteiger partial charge in [0.25, 0.3) is 5.56 Å². The van der Waals surface area contributed by atoms with Crippen LogP contribution in [0.4, 0.5) is 5.95 Å². The van der Waals surface area contributed by atoms with Crippen LogP contribution in [-0.2, 0) is 7.05 Å². The van der Waals surface area contributed by atoms with Crippen LogP contribution in [0.3, 0.4) is 0 Å². The fourth-order valence-electron chi connectivity index (χ4n) is 2.11. The molecule has 3 aromatic rings. The Morgan fingerprint density at radius 3 is 2.64 bits per heavy atom. The molecule has 0 unspecified atom stereocenters. The van der Waals surface area contributed by atoms with Gasteiger partial charge >= 0.3 is 0 Å². The number of para-hydroxylation sites is 1. The molecule has 0 fully saturated rings. The standard InChI is InChI=1S/C15H13N5O2/c1-20-13(22)7-6-11(19-20)10-8-17-15(16)18-14(10)9-4-2-3-5-12(9)21/h2-8,21H,1H3,(H2,16,17,18). The highest BCUT2D eigenvalue weighted by Gasteiger charge is 2.15. The van der Waals surface area contributed by atoms with Gasteiger partial charge in [-0.25, -0.2) is 14.6 Å². The molecule has 0 atom stereocenters. The van der Waals surface area contributed by atoms with Gasteiger partial charge in [-0.3, -0.25) is 4.79 Å². The number of hydrogen-bond donors (Lipinski definition) is 2. The van der Waals surface area contributed by atoms with E-state index in [4.69, 9.17) is 5.73 Å². The number of phenolic OH excluding ortho intramolecular Hbond substituents is 1. The van der Waals surface area contributed by atoms with Gasteiger partial charge in [0.2, 0.25) is 5.95 Å². The first-order valence-electron chi connectivity index (χ1n) is 6.52. The number of aromatic hydroxyl groups is 1. The fraction of sp³-hybridized carbons (Fsp3) is 0.0667. The highest BCUT2D eigenvalue weighted by molar-refractivity contribution is 5.81. The molecule has 0 aliphatic rings. The van der Waals surface area contributed by atoms with Crippen molar-refractivity contribution in [1.29, 1.82) is 0 Å². The molecule has 0 bridgehead atoms. The lowest BCUT2D eigenvalue weighted by molar-refractivity contribution is 0.477. The minimum atomic E-state index is -0.218. The lowest BCUT2D eigenvalue weighted by Crippen LogP contribution is -2.18. The molecule has 2 aromatic heterocycles. The third kappa shape index (κ3) is 2.39. The van der Waals surface area contributed by atoms with Gasteiger partial charge in [-0.05, 0) is 18.2 Å².